The molecule has 190 valence electrons. The van der Waals surface area contributed by atoms with Crippen molar-refractivity contribution in [3.63, 3.8) is 0 Å². The molecule has 3 aromatic rings. The van der Waals surface area contributed by atoms with Gasteiger partial charge < -0.3 is 14.8 Å². The molecule has 0 bridgehead atoms. The molecule has 0 unspecified atom stereocenters. The number of carbonyl (C=O) groups is 2. The van der Waals surface area contributed by atoms with Crippen LogP contribution in [0.1, 0.15) is 22.3 Å². The molecule has 1 N–H and O–H groups in total. The van der Waals surface area contributed by atoms with Gasteiger partial charge in [-0.3, -0.25) is 14.5 Å². The van der Waals surface area contributed by atoms with Gasteiger partial charge in [-0.1, -0.05) is 42.1 Å². The zero-order valence-corrected chi connectivity index (χ0v) is 22.1. The summed E-state index contributed by atoms with van der Waals surface area (Å²) in [5.74, 6) is 1.24. The Kier molecular flexibility index (Phi) is 8.30. The van der Waals surface area contributed by atoms with Crippen molar-refractivity contribution in [1.29, 1.82) is 0 Å². The van der Waals surface area contributed by atoms with Crippen molar-refractivity contribution in [2.45, 2.75) is 20.4 Å². The molecule has 0 aromatic heterocycles. The van der Waals surface area contributed by atoms with E-state index in [2.05, 4.69) is 16.4 Å². The summed E-state index contributed by atoms with van der Waals surface area (Å²) < 4.78 is 10.4. The van der Waals surface area contributed by atoms with E-state index in [0.717, 1.165) is 39.4 Å². The molecule has 3 aromatic carbocycles. The standard InChI is InChI=1S/C29H29N3O4S/c1-19-13-20(2)15-23(14-19)32-28(34)26(16-21-5-9-24(35-3)10-6-21)31-29(32)37-18-27(33)30-17-22-7-11-25(36-4)12-8-22/h5-16H,17-18H2,1-4H3,(H,30,33). The lowest BCUT2D eigenvalue weighted by Crippen LogP contribution is -2.32. The number of hydrogen-bond acceptors (Lipinski definition) is 6. The van der Waals surface area contributed by atoms with E-state index in [1.165, 1.54) is 11.8 Å². The van der Waals surface area contributed by atoms with Crippen LogP contribution in [-0.4, -0.2) is 37.0 Å². The number of methoxy groups -OCH3 is 2. The highest BCUT2D eigenvalue weighted by Gasteiger charge is 2.32. The molecule has 2 amide bonds. The van der Waals surface area contributed by atoms with Crippen molar-refractivity contribution in [3.05, 3.63) is 94.7 Å². The average molecular weight is 516 g/mol. The first kappa shape index (κ1) is 26.0. The monoisotopic (exact) mass is 515 g/mol. The summed E-state index contributed by atoms with van der Waals surface area (Å²) in [6, 6.07) is 20.9. The van der Waals surface area contributed by atoms with Crippen molar-refractivity contribution in [1.82, 2.24) is 5.32 Å². The molecule has 7 nitrogen and oxygen atoms in total. The summed E-state index contributed by atoms with van der Waals surface area (Å²) in [5, 5.41) is 3.39. The first-order valence-electron chi connectivity index (χ1n) is 11.8. The molecule has 1 aliphatic rings. The summed E-state index contributed by atoms with van der Waals surface area (Å²) in [7, 11) is 3.22. The number of amidine groups is 1. The maximum Gasteiger partial charge on any atom is 0.283 e. The Morgan fingerprint density at radius 3 is 2.14 bits per heavy atom. The van der Waals surface area contributed by atoms with Gasteiger partial charge in [-0.25, -0.2) is 4.99 Å². The lowest BCUT2D eigenvalue weighted by molar-refractivity contribution is -0.118. The average Bonchev–Trinajstić information content (AvgIpc) is 3.21. The van der Waals surface area contributed by atoms with Crippen molar-refractivity contribution in [2.75, 3.05) is 24.9 Å². The zero-order chi connectivity index (χ0) is 26.4. The molecule has 0 spiro atoms. The molecule has 0 radical (unpaired) electrons. The Labute approximate surface area is 221 Å². The number of amides is 2. The van der Waals surface area contributed by atoms with Gasteiger partial charge in [-0.15, -0.1) is 0 Å². The predicted molar refractivity (Wildman–Crippen MR) is 149 cm³/mol. The van der Waals surface area contributed by atoms with Gasteiger partial charge in [0.2, 0.25) is 5.91 Å². The van der Waals surface area contributed by atoms with Crippen LogP contribution >= 0.6 is 11.8 Å². The van der Waals surface area contributed by atoms with Crippen LogP contribution < -0.4 is 19.7 Å². The zero-order valence-electron chi connectivity index (χ0n) is 21.3. The fourth-order valence-electron chi connectivity index (χ4n) is 3.88. The van der Waals surface area contributed by atoms with Crippen molar-refractivity contribution in [2.24, 2.45) is 4.99 Å². The number of nitrogens with zero attached hydrogens (tertiary/aromatic N) is 2. The molecular formula is C29H29N3O4S. The predicted octanol–water partition coefficient (Wildman–Crippen LogP) is 5.11. The Morgan fingerprint density at radius 2 is 1.54 bits per heavy atom. The second-order valence-corrected chi connectivity index (χ2v) is 9.54. The highest BCUT2D eigenvalue weighted by Crippen LogP contribution is 2.31. The van der Waals surface area contributed by atoms with E-state index in [0.29, 0.717) is 17.4 Å². The van der Waals surface area contributed by atoms with Gasteiger partial charge in [0.1, 0.15) is 17.2 Å². The molecule has 8 heteroatoms. The quantitative estimate of drug-likeness (QED) is 0.422. The van der Waals surface area contributed by atoms with E-state index in [1.807, 2.05) is 74.5 Å². The minimum atomic E-state index is -0.234. The first-order valence-corrected chi connectivity index (χ1v) is 12.7. The third-order valence-corrected chi connectivity index (χ3v) is 6.63. The molecule has 1 heterocycles. The largest absolute Gasteiger partial charge is 0.497 e. The van der Waals surface area contributed by atoms with Crippen molar-refractivity contribution >= 4 is 40.5 Å². The van der Waals surface area contributed by atoms with Crippen LogP contribution in [0, 0.1) is 13.8 Å². The fraction of sp³-hybridized carbons (Fsp3) is 0.207. The van der Waals surface area contributed by atoms with Gasteiger partial charge >= 0.3 is 0 Å². The molecule has 0 saturated carbocycles. The van der Waals surface area contributed by atoms with Crippen LogP contribution in [0.3, 0.4) is 0 Å². The number of hydrogen-bond donors (Lipinski definition) is 1. The minimum absolute atomic E-state index is 0.124. The van der Waals surface area contributed by atoms with Gasteiger partial charge in [-0.2, -0.15) is 0 Å². The number of anilines is 1. The number of ether oxygens (including phenoxy) is 2. The van der Waals surface area contributed by atoms with E-state index < -0.39 is 0 Å². The maximum atomic E-state index is 13.5. The normalized spacial score (nSPS) is 14.1. The van der Waals surface area contributed by atoms with E-state index in [-0.39, 0.29) is 17.6 Å². The number of aryl methyl sites for hydroxylation is 2. The third-order valence-electron chi connectivity index (χ3n) is 5.69. The number of rotatable bonds is 8. The van der Waals surface area contributed by atoms with Crippen LogP contribution in [0.2, 0.25) is 0 Å². The number of nitrogens with one attached hydrogen (secondary N) is 1. The van der Waals surface area contributed by atoms with Gasteiger partial charge in [-0.05, 0) is 78.6 Å². The summed E-state index contributed by atoms with van der Waals surface area (Å²) in [5.41, 5.74) is 4.91. The van der Waals surface area contributed by atoms with Crippen molar-refractivity contribution in [3.8, 4) is 11.5 Å². The minimum Gasteiger partial charge on any atom is -0.497 e. The SMILES string of the molecule is COc1ccc(C=C2N=C(SCC(=O)NCc3ccc(OC)cc3)N(c3cc(C)cc(C)c3)C2=O)cc1. The topological polar surface area (TPSA) is 80.2 Å². The van der Waals surface area contributed by atoms with E-state index in [1.54, 1.807) is 25.2 Å². The van der Waals surface area contributed by atoms with Crippen LogP contribution in [0.25, 0.3) is 6.08 Å². The van der Waals surface area contributed by atoms with E-state index in [4.69, 9.17) is 9.47 Å². The molecule has 0 fully saturated rings. The van der Waals surface area contributed by atoms with Gasteiger partial charge in [0.05, 0.1) is 25.7 Å². The van der Waals surface area contributed by atoms with Gasteiger partial charge in [0.25, 0.3) is 5.91 Å². The van der Waals surface area contributed by atoms with E-state index in [9.17, 15) is 9.59 Å². The smallest absolute Gasteiger partial charge is 0.283 e. The van der Waals surface area contributed by atoms with Gasteiger partial charge in [0, 0.05) is 6.54 Å². The van der Waals surface area contributed by atoms with E-state index >= 15 is 0 Å². The summed E-state index contributed by atoms with van der Waals surface area (Å²) in [6.45, 7) is 4.38. The highest BCUT2D eigenvalue weighted by molar-refractivity contribution is 8.14. The molecule has 0 atom stereocenters. The molecule has 37 heavy (non-hydrogen) atoms. The Balaban J connectivity index is 1.52. The number of carbonyl (C=O) groups excluding carboxylic acids is 2. The number of aliphatic imine (C=N–C) groups is 1. The van der Waals surface area contributed by atoms with Crippen LogP contribution in [0.4, 0.5) is 5.69 Å². The van der Waals surface area contributed by atoms with Crippen molar-refractivity contribution < 1.29 is 19.1 Å². The van der Waals surface area contributed by atoms with Gasteiger partial charge in [0.15, 0.2) is 5.17 Å². The molecule has 1 aliphatic heterocycles. The third kappa shape index (κ3) is 6.59. The first-order chi connectivity index (χ1) is 17.9. The Bertz CT molecular complexity index is 1330. The molecule has 0 aliphatic carbocycles. The number of thioether (sulfide) groups is 1. The summed E-state index contributed by atoms with van der Waals surface area (Å²) >= 11 is 1.23. The lowest BCUT2D eigenvalue weighted by atomic mass is 10.1. The Hall–Kier alpha value is -4.04. The maximum absolute atomic E-state index is 13.5. The lowest BCUT2D eigenvalue weighted by Gasteiger charge is -2.19. The second kappa shape index (κ2) is 11.8. The van der Waals surface area contributed by atoms with Crippen LogP contribution in [0.5, 0.6) is 11.5 Å². The van der Waals surface area contributed by atoms with Crippen LogP contribution in [0.15, 0.2) is 77.4 Å². The summed E-state index contributed by atoms with van der Waals surface area (Å²) in [6.07, 6.45) is 1.74. The van der Waals surface area contributed by atoms with Crippen LogP contribution in [-0.2, 0) is 16.1 Å². The fourth-order valence-corrected chi connectivity index (χ4v) is 4.73. The molecule has 0 saturated heterocycles. The molecular weight excluding hydrogens is 486 g/mol. The molecule has 4 rings (SSSR count). The summed E-state index contributed by atoms with van der Waals surface area (Å²) in [4.78, 5) is 32.3. The number of benzene rings is 3. The highest BCUT2D eigenvalue weighted by atomic mass is 32.2. The second-order valence-electron chi connectivity index (χ2n) is 8.60. The Morgan fingerprint density at radius 1 is 0.946 bits per heavy atom.